The SMILES string of the molecule is Cc1ccc(S(=O)(=O)N2C=CNC(=O)[C@H]2CC(=O)NC2CCC3(CC2(C)C)OCCO3)cc1. The molecule has 9 nitrogen and oxygen atoms in total. The number of ether oxygens (including phenoxy) is 2. The van der Waals surface area contributed by atoms with Gasteiger partial charge in [-0.05, 0) is 30.9 Å². The van der Waals surface area contributed by atoms with Gasteiger partial charge in [0, 0.05) is 31.3 Å². The summed E-state index contributed by atoms with van der Waals surface area (Å²) in [5.41, 5.74) is 0.628. The second-order valence-corrected chi connectivity index (χ2v) is 11.5. The Balaban J connectivity index is 1.47. The van der Waals surface area contributed by atoms with E-state index in [0.717, 1.165) is 9.87 Å². The first-order chi connectivity index (χ1) is 15.5. The van der Waals surface area contributed by atoms with Crippen molar-refractivity contribution in [3.05, 3.63) is 42.2 Å². The zero-order valence-electron chi connectivity index (χ0n) is 19.2. The van der Waals surface area contributed by atoms with Gasteiger partial charge in [0.25, 0.3) is 10.0 Å². The molecule has 2 N–H and O–H groups in total. The highest BCUT2D eigenvalue weighted by molar-refractivity contribution is 7.89. The van der Waals surface area contributed by atoms with Gasteiger partial charge in [0.15, 0.2) is 5.79 Å². The number of carbonyl (C=O) groups is 2. The molecule has 33 heavy (non-hydrogen) atoms. The first kappa shape index (κ1) is 23.7. The number of sulfonamides is 1. The van der Waals surface area contributed by atoms with Crippen LogP contribution < -0.4 is 10.6 Å². The molecule has 0 aromatic heterocycles. The highest BCUT2D eigenvalue weighted by Crippen LogP contribution is 2.45. The van der Waals surface area contributed by atoms with Crippen molar-refractivity contribution >= 4 is 21.8 Å². The summed E-state index contributed by atoms with van der Waals surface area (Å²) >= 11 is 0. The van der Waals surface area contributed by atoms with Crippen LogP contribution in [-0.2, 0) is 29.1 Å². The van der Waals surface area contributed by atoms with E-state index >= 15 is 0 Å². The summed E-state index contributed by atoms with van der Waals surface area (Å²) < 4.78 is 39.1. The Labute approximate surface area is 194 Å². The van der Waals surface area contributed by atoms with E-state index in [1.54, 1.807) is 12.1 Å². The van der Waals surface area contributed by atoms with Crippen molar-refractivity contribution in [2.45, 2.75) is 69.2 Å². The van der Waals surface area contributed by atoms with Gasteiger partial charge >= 0.3 is 0 Å². The van der Waals surface area contributed by atoms with Gasteiger partial charge in [-0.3, -0.25) is 13.9 Å². The lowest BCUT2D eigenvalue weighted by Gasteiger charge is -2.46. The molecule has 0 bridgehead atoms. The zero-order chi connectivity index (χ0) is 23.9. The van der Waals surface area contributed by atoms with Crippen LogP contribution in [0.2, 0.25) is 0 Å². The molecular formula is C23H31N3O6S. The van der Waals surface area contributed by atoms with Gasteiger partial charge in [-0.2, -0.15) is 0 Å². The Hall–Kier alpha value is -2.43. The number of hydrogen-bond acceptors (Lipinski definition) is 6. The van der Waals surface area contributed by atoms with Gasteiger partial charge < -0.3 is 20.1 Å². The van der Waals surface area contributed by atoms with Crippen LogP contribution in [0.3, 0.4) is 0 Å². The Kier molecular flexibility index (Phi) is 6.28. The topological polar surface area (TPSA) is 114 Å². The summed E-state index contributed by atoms with van der Waals surface area (Å²) in [5.74, 6) is -1.51. The van der Waals surface area contributed by atoms with Gasteiger partial charge in [0.1, 0.15) is 6.04 Å². The maximum Gasteiger partial charge on any atom is 0.264 e. The van der Waals surface area contributed by atoms with Crippen molar-refractivity contribution in [2.24, 2.45) is 5.41 Å². The summed E-state index contributed by atoms with van der Waals surface area (Å²) in [6.07, 6.45) is 4.26. The summed E-state index contributed by atoms with van der Waals surface area (Å²) in [4.78, 5) is 25.6. The van der Waals surface area contributed by atoms with E-state index in [1.807, 2.05) is 20.8 Å². The van der Waals surface area contributed by atoms with Crippen LogP contribution in [0.1, 0.15) is 45.1 Å². The number of nitrogens with one attached hydrogen (secondary N) is 2. The van der Waals surface area contributed by atoms with Crippen molar-refractivity contribution in [3.8, 4) is 0 Å². The molecule has 4 rings (SSSR count). The van der Waals surface area contributed by atoms with Crippen LogP contribution in [0.15, 0.2) is 41.6 Å². The summed E-state index contributed by atoms with van der Waals surface area (Å²) in [5, 5.41) is 5.54. The molecule has 1 spiro atoms. The van der Waals surface area contributed by atoms with Crippen molar-refractivity contribution in [2.75, 3.05) is 13.2 Å². The Morgan fingerprint density at radius 2 is 1.88 bits per heavy atom. The molecule has 1 aliphatic carbocycles. The van der Waals surface area contributed by atoms with Gasteiger partial charge in [-0.1, -0.05) is 31.5 Å². The maximum atomic E-state index is 13.2. The molecule has 0 radical (unpaired) electrons. The van der Waals surface area contributed by atoms with E-state index in [0.29, 0.717) is 32.5 Å². The number of rotatable bonds is 5. The predicted octanol–water partition coefficient (Wildman–Crippen LogP) is 1.78. The first-order valence-corrected chi connectivity index (χ1v) is 12.6. The first-order valence-electron chi connectivity index (χ1n) is 11.2. The fraction of sp³-hybridized carbons (Fsp3) is 0.565. The van der Waals surface area contributed by atoms with Crippen LogP contribution in [0.4, 0.5) is 0 Å². The minimum atomic E-state index is -4.01. The third-order valence-electron chi connectivity index (χ3n) is 6.66. The van der Waals surface area contributed by atoms with Gasteiger partial charge in [0.05, 0.1) is 24.5 Å². The fourth-order valence-electron chi connectivity index (χ4n) is 4.87. The number of carbonyl (C=O) groups excluding carboxylic acids is 2. The molecule has 2 fully saturated rings. The van der Waals surface area contributed by atoms with Gasteiger partial charge in [0.2, 0.25) is 11.8 Å². The van der Waals surface area contributed by atoms with Gasteiger partial charge in [-0.15, -0.1) is 0 Å². The van der Waals surface area contributed by atoms with E-state index in [1.165, 1.54) is 24.5 Å². The molecule has 1 aromatic rings. The lowest BCUT2D eigenvalue weighted by Crippen LogP contribution is -2.56. The molecule has 1 saturated carbocycles. The molecule has 1 aromatic carbocycles. The molecule has 3 aliphatic rings. The molecule has 2 heterocycles. The number of benzene rings is 1. The number of hydrogen-bond donors (Lipinski definition) is 2. The Morgan fingerprint density at radius 1 is 1.21 bits per heavy atom. The molecule has 1 unspecified atom stereocenters. The largest absolute Gasteiger partial charge is 0.353 e. The van der Waals surface area contributed by atoms with E-state index in [9.17, 15) is 18.0 Å². The van der Waals surface area contributed by atoms with Crippen molar-refractivity contribution in [1.82, 2.24) is 14.9 Å². The van der Waals surface area contributed by atoms with Crippen molar-refractivity contribution in [3.63, 3.8) is 0 Å². The highest BCUT2D eigenvalue weighted by Gasteiger charge is 2.49. The summed E-state index contributed by atoms with van der Waals surface area (Å²) in [6, 6.07) is 5.05. The highest BCUT2D eigenvalue weighted by atomic mass is 32.2. The van der Waals surface area contributed by atoms with Crippen molar-refractivity contribution < 1.29 is 27.5 Å². The van der Waals surface area contributed by atoms with Crippen molar-refractivity contribution in [1.29, 1.82) is 0 Å². The maximum absolute atomic E-state index is 13.2. The number of nitrogens with zero attached hydrogens (tertiary/aromatic N) is 1. The van der Waals surface area contributed by atoms with E-state index in [2.05, 4.69) is 10.6 Å². The fourth-order valence-corrected chi connectivity index (χ4v) is 6.32. The second-order valence-electron chi connectivity index (χ2n) is 9.62. The Morgan fingerprint density at radius 3 is 2.52 bits per heavy atom. The second kappa shape index (κ2) is 8.73. The lowest BCUT2D eigenvalue weighted by atomic mass is 9.70. The standard InChI is InChI=1S/C23H31N3O6S/c1-16-4-6-17(7-5-16)33(29,30)26-11-10-24-21(28)18(26)14-20(27)25-19-8-9-23(15-22(19,2)3)31-12-13-32-23/h4-7,10-11,18-19H,8-9,12-15H2,1-3H3,(H,24,28)(H,25,27)/t18-,19?/m1/s1. The van der Waals surface area contributed by atoms with Crippen LogP contribution in [0, 0.1) is 12.3 Å². The monoisotopic (exact) mass is 477 g/mol. The molecular weight excluding hydrogens is 446 g/mol. The molecule has 2 aliphatic heterocycles. The summed E-state index contributed by atoms with van der Waals surface area (Å²) in [7, 11) is -4.01. The molecule has 2 atom stereocenters. The lowest BCUT2D eigenvalue weighted by molar-refractivity contribution is -0.203. The molecule has 2 amide bonds. The normalized spacial score (nSPS) is 26.3. The van der Waals surface area contributed by atoms with Crippen LogP contribution in [-0.4, -0.2) is 55.6 Å². The third-order valence-corrected chi connectivity index (χ3v) is 8.46. The molecule has 1 saturated heterocycles. The van der Waals surface area contributed by atoms with E-state index < -0.39 is 27.8 Å². The summed E-state index contributed by atoms with van der Waals surface area (Å²) in [6.45, 7) is 7.10. The average Bonchev–Trinajstić information content (AvgIpc) is 3.19. The third kappa shape index (κ3) is 4.78. The Bertz CT molecular complexity index is 1040. The van der Waals surface area contributed by atoms with E-state index in [-0.39, 0.29) is 28.7 Å². The van der Waals surface area contributed by atoms with Crippen LogP contribution >= 0.6 is 0 Å². The average molecular weight is 478 g/mol. The van der Waals surface area contributed by atoms with Crippen LogP contribution in [0.5, 0.6) is 0 Å². The zero-order valence-corrected chi connectivity index (χ0v) is 20.0. The van der Waals surface area contributed by atoms with Gasteiger partial charge in [-0.25, -0.2) is 8.42 Å². The quantitative estimate of drug-likeness (QED) is 0.668. The molecule has 10 heteroatoms. The van der Waals surface area contributed by atoms with Crippen LogP contribution in [0.25, 0.3) is 0 Å². The van der Waals surface area contributed by atoms with E-state index in [4.69, 9.17) is 9.47 Å². The smallest absolute Gasteiger partial charge is 0.264 e. The minimum absolute atomic E-state index is 0.0631. The minimum Gasteiger partial charge on any atom is -0.353 e. The number of amides is 2. The molecule has 180 valence electrons. The predicted molar refractivity (Wildman–Crippen MR) is 120 cm³/mol. The number of aryl methyl sites for hydroxylation is 1.